The largest absolute Gasteiger partial charge is 0.496 e. The Hall–Kier alpha value is -3.45. The van der Waals surface area contributed by atoms with Gasteiger partial charge in [0.05, 0.1) is 36.1 Å². The van der Waals surface area contributed by atoms with Gasteiger partial charge < -0.3 is 23.7 Å². The molecule has 2 aliphatic rings. The van der Waals surface area contributed by atoms with E-state index < -0.39 is 5.41 Å². The summed E-state index contributed by atoms with van der Waals surface area (Å²) in [6.07, 6.45) is 1.32. The third-order valence-corrected chi connectivity index (χ3v) is 6.94. The summed E-state index contributed by atoms with van der Waals surface area (Å²) < 4.78 is 13.0. The van der Waals surface area contributed by atoms with Gasteiger partial charge in [-0.2, -0.15) is 0 Å². The molecule has 2 aromatic heterocycles. The first kappa shape index (κ1) is 21.4. The van der Waals surface area contributed by atoms with Crippen molar-refractivity contribution in [2.75, 3.05) is 21.2 Å². The number of rotatable bonds is 5. The van der Waals surface area contributed by atoms with Gasteiger partial charge in [-0.25, -0.2) is 4.98 Å². The van der Waals surface area contributed by atoms with Crippen LogP contribution in [-0.2, 0) is 34.6 Å². The molecule has 0 fully saturated rings. The number of aromatic nitrogens is 2. The number of aldehydes is 1. The summed E-state index contributed by atoms with van der Waals surface area (Å²) in [7, 11) is 5.70. The van der Waals surface area contributed by atoms with Crippen LogP contribution in [0.1, 0.15) is 35.6 Å². The van der Waals surface area contributed by atoms with E-state index in [1.807, 2.05) is 39.2 Å². The molecule has 7 heteroatoms. The molecule has 4 heterocycles. The zero-order valence-corrected chi connectivity index (χ0v) is 19.4. The van der Waals surface area contributed by atoms with Crippen LogP contribution in [0.2, 0.25) is 0 Å². The molecule has 1 atom stereocenters. The van der Waals surface area contributed by atoms with Crippen LogP contribution in [0.4, 0.5) is 0 Å². The molecule has 7 nitrogen and oxygen atoms in total. The molecule has 0 N–H and O–H groups in total. The number of hydrogen-bond acceptors (Lipinski definition) is 6. The second-order valence-electron chi connectivity index (χ2n) is 9.01. The molecule has 3 aromatic rings. The Morgan fingerprint density at radius 1 is 1.33 bits per heavy atom. The van der Waals surface area contributed by atoms with E-state index in [1.165, 1.54) is 0 Å². The summed E-state index contributed by atoms with van der Waals surface area (Å²) in [4.78, 5) is 32.8. The maximum absolute atomic E-state index is 13.5. The minimum atomic E-state index is -1.02. The van der Waals surface area contributed by atoms with Crippen LogP contribution in [0.25, 0.3) is 22.3 Å². The molecule has 0 bridgehead atoms. The van der Waals surface area contributed by atoms with Gasteiger partial charge in [0.1, 0.15) is 29.8 Å². The number of ether oxygens (including phenoxy) is 2. The van der Waals surface area contributed by atoms with Crippen molar-refractivity contribution in [1.29, 1.82) is 0 Å². The Bertz CT molecular complexity index is 1390. The second-order valence-corrected chi connectivity index (χ2v) is 9.01. The molecule has 0 aliphatic carbocycles. The van der Waals surface area contributed by atoms with Crippen molar-refractivity contribution >= 4 is 17.2 Å². The number of carbonyl (C=O) groups excluding carboxylic acids is 1. The Morgan fingerprint density at radius 3 is 2.79 bits per heavy atom. The molecule has 0 unspecified atom stereocenters. The fraction of sp³-hybridized carbons (Fsp3) is 0.346. The predicted molar refractivity (Wildman–Crippen MR) is 126 cm³/mol. The number of carbonyl (C=O) groups is 1. The van der Waals surface area contributed by atoms with Gasteiger partial charge in [0.25, 0.3) is 5.56 Å². The van der Waals surface area contributed by atoms with Gasteiger partial charge in [0.2, 0.25) is 0 Å². The van der Waals surface area contributed by atoms with E-state index in [-0.39, 0.29) is 12.2 Å². The van der Waals surface area contributed by atoms with E-state index in [4.69, 9.17) is 14.5 Å². The van der Waals surface area contributed by atoms with E-state index in [9.17, 15) is 9.59 Å². The average Bonchev–Trinajstić information content (AvgIpc) is 3.16. The fourth-order valence-corrected chi connectivity index (χ4v) is 5.13. The van der Waals surface area contributed by atoms with E-state index in [0.29, 0.717) is 36.4 Å². The van der Waals surface area contributed by atoms with Crippen LogP contribution in [-0.4, -0.2) is 41.9 Å². The monoisotopic (exact) mass is 445 g/mol. The lowest BCUT2D eigenvalue weighted by Gasteiger charge is -2.35. The summed E-state index contributed by atoms with van der Waals surface area (Å²) in [6, 6.07) is 7.94. The van der Waals surface area contributed by atoms with Gasteiger partial charge >= 0.3 is 0 Å². The molecule has 170 valence electrons. The standard InChI is InChI=1S/C26H27N3O4/c1-6-26(14-30)15(2)33-13-19-20(26)10-22-24-16(11-29(22)25(19)31)9-17-18(12-28(3)4)23(32-5)8-7-21(17)27-24/h7-10,14H,2,6,11-13H2,1,3-5H3/t26-/m1/s1. The number of methoxy groups -OCH3 is 1. The maximum Gasteiger partial charge on any atom is 0.258 e. The lowest BCUT2D eigenvalue weighted by atomic mass is 9.74. The SMILES string of the molecule is C=C1OCc2c(cc3n(c2=O)Cc2cc4c(CN(C)C)c(OC)ccc4nc2-3)[C@@]1(C=O)CC. The van der Waals surface area contributed by atoms with Crippen LogP contribution in [0.3, 0.4) is 0 Å². The van der Waals surface area contributed by atoms with Gasteiger partial charge in [-0.05, 0) is 50.3 Å². The summed E-state index contributed by atoms with van der Waals surface area (Å²) in [5, 5.41) is 1.01. The van der Waals surface area contributed by atoms with Crippen LogP contribution >= 0.6 is 0 Å². The Balaban J connectivity index is 1.76. The normalized spacial score (nSPS) is 18.6. The van der Waals surface area contributed by atoms with Gasteiger partial charge in [0, 0.05) is 23.1 Å². The van der Waals surface area contributed by atoms with Crippen LogP contribution in [0, 0.1) is 0 Å². The summed E-state index contributed by atoms with van der Waals surface area (Å²) >= 11 is 0. The van der Waals surface area contributed by atoms with Crippen molar-refractivity contribution in [2.45, 2.75) is 38.5 Å². The number of nitrogens with zero attached hydrogens (tertiary/aromatic N) is 3. The number of fused-ring (bicyclic) bond motifs is 5. The molecule has 0 saturated heterocycles. The van der Waals surface area contributed by atoms with Crippen LogP contribution in [0.5, 0.6) is 5.75 Å². The van der Waals surface area contributed by atoms with Gasteiger partial charge in [0.15, 0.2) is 0 Å². The number of allylic oxidation sites excluding steroid dienone is 1. The van der Waals surface area contributed by atoms with Crippen molar-refractivity contribution in [3.8, 4) is 17.1 Å². The second kappa shape index (κ2) is 7.56. The van der Waals surface area contributed by atoms with E-state index in [1.54, 1.807) is 11.7 Å². The van der Waals surface area contributed by atoms with E-state index in [0.717, 1.165) is 45.5 Å². The molecule has 0 saturated carbocycles. The topological polar surface area (TPSA) is 73.7 Å². The molecule has 2 aliphatic heterocycles. The minimum Gasteiger partial charge on any atom is -0.496 e. The molecule has 1 aromatic carbocycles. The molecule has 0 spiro atoms. The zero-order chi connectivity index (χ0) is 23.5. The van der Waals surface area contributed by atoms with Crippen LogP contribution in [0.15, 0.2) is 41.4 Å². The van der Waals surface area contributed by atoms with Gasteiger partial charge in [-0.15, -0.1) is 0 Å². The van der Waals surface area contributed by atoms with Gasteiger partial charge in [-0.1, -0.05) is 13.5 Å². The zero-order valence-electron chi connectivity index (χ0n) is 19.4. The quantitative estimate of drug-likeness (QED) is 0.439. The third-order valence-electron chi connectivity index (χ3n) is 6.94. The first-order valence-corrected chi connectivity index (χ1v) is 11.0. The fourth-order valence-electron chi connectivity index (χ4n) is 5.13. The molecule has 0 amide bonds. The Labute approximate surface area is 192 Å². The lowest BCUT2D eigenvalue weighted by molar-refractivity contribution is -0.113. The number of benzene rings is 1. The number of hydrogen-bond donors (Lipinski definition) is 0. The average molecular weight is 446 g/mol. The van der Waals surface area contributed by atoms with E-state index >= 15 is 0 Å². The smallest absolute Gasteiger partial charge is 0.258 e. The first-order chi connectivity index (χ1) is 15.8. The maximum atomic E-state index is 13.5. The molecule has 5 rings (SSSR count). The van der Waals surface area contributed by atoms with Crippen molar-refractivity contribution in [2.24, 2.45) is 0 Å². The van der Waals surface area contributed by atoms with E-state index in [2.05, 4.69) is 17.5 Å². The first-order valence-electron chi connectivity index (χ1n) is 11.0. The van der Waals surface area contributed by atoms with Crippen molar-refractivity contribution in [3.05, 3.63) is 69.2 Å². The highest BCUT2D eigenvalue weighted by molar-refractivity contribution is 5.89. The molecular weight excluding hydrogens is 418 g/mol. The Kier molecular flexibility index (Phi) is 4.90. The summed E-state index contributed by atoms with van der Waals surface area (Å²) in [5.41, 5.74) is 4.44. The summed E-state index contributed by atoms with van der Waals surface area (Å²) in [6.45, 7) is 7.14. The molecule has 0 radical (unpaired) electrons. The third kappa shape index (κ3) is 2.95. The van der Waals surface area contributed by atoms with Crippen molar-refractivity contribution < 1.29 is 14.3 Å². The summed E-state index contributed by atoms with van der Waals surface area (Å²) in [5.74, 6) is 1.21. The van der Waals surface area contributed by atoms with Crippen molar-refractivity contribution in [1.82, 2.24) is 14.5 Å². The predicted octanol–water partition coefficient (Wildman–Crippen LogP) is 3.39. The molecular formula is C26H27N3O4. The lowest BCUT2D eigenvalue weighted by Crippen LogP contribution is -2.40. The highest BCUT2D eigenvalue weighted by Gasteiger charge is 2.43. The minimum absolute atomic E-state index is 0.124. The highest BCUT2D eigenvalue weighted by Crippen LogP contribution is 2.43. The number of pyridine rings is 2. The van der Waals surface area contributed by atoms with Crippen LogP contribution < -0.4 is 10.3 Å². The van der Waals surface area contributed by atoms with Gasteiger partial charge in [-0.3, -0.25) is 4.79 Å². The van der Waals surface area contributed by atoms with Crippen molar-refractivity contribution in [3.63, 3.8) is 0 Å². The molecule has 33 heavy (non-hydrogen) atoms. The highest BCUT2D eigenvalue weighted by atomic mass is 16.5. The Morgan fingerprint density at radius 2 is 2.12 bits per heavy atom.